The summed E-state index contributed by atoms with van der Waals surface area (Å²) in [4.78, 5) is 37.0. The van der Waals surface area contributed by atoms with Gasteiger partial charge in [0.25, 0.3) is 0 Å². The molecule has 3 atom stereocenters. The fourth-order valence-electron chi connectivity index (χ4n) is 2.52. The van der Waals surface area contributed by atoms with Crippen LogP contribution < -0.4 is 10.8 Å². The first-order chi connectivity index (χ1) is 11.9. The van der Waals surface area contributed by atoms with Crippen molar-refractivity contribution in [2.75, 3.05) is 20.3 Å². The molecule has 0 aliphatic rings. The molecule has 0 radical (unpaired) electrons. The third-order valence-corrected chi connectivity index (χ3v) is 4.11. The smallest absolute Gasteiger partial charge is 0.329 e. The largest absolute Gasteiger partial charge is 0.462 e. The highest BCUT2D eigenvalue weighted by atomic mass is 16.6. The SMILES string of the molecule is COCCOC(=O)[C@H](NC(=O)[C@H](CC(C)C)[C@H](C)C(=O)NO)C(C)(C)C. The van der Waals surface area contributed by atoms with E-state index in [1.165, 1.54) is 7.11 Å². The van der Waals surface area contributed by atoms with Gasteiger partial charge in [0.05, 0.1) is 6.61 Å². The molecule has 0 aromatic carbocycles. The molecule has 26 heavy (non-hydrogen) atoms. The fourth-order valence-corrected chi connectivity index (χ4v) is 2.52. The van der Waals surface area contributed by atoms with Gasteiger partial charge in [-0.3, -0.25) is 14.8 Å². The molecule has 0 aliphatic heterocycles. The zero-order chi connectivity index (χ0) is 20.5. The van der Waals surface area contributed by atoms with Crippen LogP contribution in [0.15, 0.2) is 0 Å². The van der Waals surface area contributed by atoms with E-state index in [4.69, 9.17) is 14.7 Å². The Labute approximate surface area is 156 Å². The minimum atomic E-state index is -0.870. The van der Waals surface area contributed by atoms with Gasteiger partial charge in [0, 0.05) is 18.9 Å². The van der Waals surface area contributed by atoms with Crippen LogP contribution >= 0.6 is 0 Å². The highest BCUT2D eigenvalue weighted by Gasteiger charge is 2.38. The number of methoxy groups -OCH3 is 1. The normalized spacial score (nSPS) is 15.1. The molecule has 3 N–H and O–H groups in total. The highest BCUT2D eigenvalue weighted by molar-refractivity contribution is 5.90. The predicted molar refractivity (Wildman–Crippen MR) is 96.3 cm³/mol. The Bertz CT molecular complexity index is 473. The average molecular weight is 374 g/mol. The average Bonchev–Trinajstić information content (AvgIpc) is 2.54. The number of esters is 1. The number of nitrogens with one attached hydrogen (secondary N) is 2. The maximum atomic E-state index is 12.8. The van der Waals surface area contributed by atoms with Crippen LogP contribution in [-0.4, -0.2) is 49.4 Å². The third-order valence-electron chi connectivity index (χ3n) is 4.11. The van der Waals surface area contributed by atoms with Gasteiger partial charge in [-0.2, -0.15) is 0 Å². The summed E-state index contributed by atoms with van der Waals surface area (Å²) in [6.45, 7) is 11.2. The van der Waals surface area contributed by atoms with E-state index < -0.39 is 41.1 Å². The molecule has 0 unspecified atom stereocenters. The molecule has 152 valence electrons. The van der Waals surface area contributed by atoms with E-state index in [2.05, 4.69) is 5.32 Å². The second-order valence-corrected chi connectivity index (χ2v) is 7.97. The standard InChI is InChI=1S/C18H34N2O6/c1-11(2)10-13(12(3)15(21)20-24)16(22)19-14(18(4,5)6)17(23)26-9-8-25-7/h11-14,24H,8-10H2,1-7H3,(H,19,22)(H,20,21)/t12-,13+,14-/m0/s1. The molecule has 0 fully saturated rings. The van der Waals surface area contributed by atoms with E-state index in [1.54, 1.807) is 12.4 Å². The van der Waals surface area contributed by atoms with Gasteiger partial charge in [0.1, 0.15) is 12.6 Å². The van der Waals surface area contributed by atoms with E-state index in [0.717, 1.165) is 0 Å². The van der Waals surface area contributed by atoms with Crippen LogP contribution in [0.25, 0.3) is 0 Å². The first kappa shape index (κ1) is 24.3. The first-order valence-corrected chi connectivity index (χ1v) is 8.85. The van der Waals surface area contributed by atoms with Gasteiger partial charge in [-0.1, -0.05) is 41.5 Å². The summed E-state index contributed by atoms with van der Waals surface area (Å²) in [5, 5.41) is 11.6. The maximum absolute atomic E-state index is 12.8. The van der Waals surface area contributed by atoms with E-state index in [0.29, 0.717) is 6.42 Å². The lowest BCUT2D eigenvalue weighted by atomic mass is 9.83. The van der Waals surface area contributed by atoms with E-state index in [-0.39, 0.29) is 19.1 Å². The van der Waals surface area contributed by atoms with Gasteiger partial charge in [-0.15, -0.1) is 0 Å². The van der Waals surface area contributed by atoms with Crippen LogP contribution in [0.1, 0.15) is 48.0 Å². The predicted octanol–water partition coefficient (Wildman–Crippen LogP) is 1.51. The minimum Gasteiger partial charge on any atom is -0.462 e. The number of amides is 2. The maximum Gasteiger partial charge on any atom is 0.329 e. The van der Waals surface area contributed by atoms with E-state index >= 15 is 0 Å². The molecule has 0 aromatic heterocycles. The van der Waals surface area contributed by atoms with Crippen molar-refractivity contribution in [3.05, 3.63) is 0 Å². The van der Waals surface area contributed by atoms with Gasteiger partial charge in [0.2, 0.25) is 11.8 Å². The van der Waals surface area contributed by atoms with E-state index in [9.17, 15) is 14.4 Å². The lowest BCUT2D eigenvalue weighted by Gasteiger charge is -2.32. The van der Waals surface area contributed by atoms with Crippen molar-refractivity contribution < 1.29 is 29.1 Å². The number of hydroxylamine groups is 1. The van der Waals surface area contributed by atoms with Crippen LogP contribution in [-0.2, 0) is 23.9 Å². The van der Waals surface area contributed by atoms with Crippen molar-refractivity contribution in [3.63, 3.8) is 0 Å². The van der Waals surface area contributed by atoms with Crippen LogP contribution in [0.5, 0.6) is 0 Å². The van der Waals surface area contributed by atoms with Crippen molar-refractivity contribution >= 4 is 17.8 Å². The molecule has 2 amide bonds. The molecule has 0 aliphatic carbocycles. The van der Waals surface area contributed by atoms with Crippen LogP contribution in [0.2, 0.25) is 0 Å². The highest BCUT2D eigenvalue weighted by Crippen LogP contribution is 2.25. The zero-order valence-corrected chi connectivity index (χ0v) is 16.9. The van der Waals surface area contributed by atoms with Gasteiger partial charge in [0.15, 0.2) is 0 Å². The topological polar surface area (TPSA) is 114 Å². The van der Waals surface area contributed by atoms with Crippen LogP contribution in [0, 0.1) is 23.2 Å². The number of carbonyl (C=O) groups excluding carboxylic acids is 3. The third kappa shape index (κ3) is 8.14. The van der Waals surface area contributed by atoms with Crippen molar-refractivity contribution in [2.24, 2.45) is 23.2 Å². The zero-order valence-electron chi connectivity index (χ0n) is 16.9. The molecule has 0 aromatic rings. The summed E-state index contributed by atoms with van der Waals surface area (Å²) in [6, 6.07) is -0.870. The summed E-state index contributed by atoms with van der Waals surface area (Å²) in [7, 11) is 1.50. The van der Waals surface area contributed by atoms with Crippen molar-refractivity contribution in [2.45, 2.75) is 54.0 Å². The van der Waals surface area contributed by atoms with Crippen LogP contribution in [0.4, 0.5) is 0 Å². The van der Waals surface area contributed by atoms with Crippen LogP contribution in [0.3, 0.4) is 0 Å². The molecule has 0 rings (SSSR count). The number of hydrogen-bond donors (Lipinski definition) is 3. The van der Waals surface area contributed by atoms with Crippen molar-refractivity contribution in [3.8, 4) is 0 Å². The Kier molecular flexibility index (Phi) is 10.4. The van der Waals surface area contributed by atoms with E-state index in [1.807, 2.05) is 34.6 Å². The second kappa shape index (κ2) is 11.1. The molecule has 0 bridgehead atoms. The summed E-state index contributed by atoms with van der Waals surface area (Å²) >= 11 is 0. The first-order valence-electron chi connectivity index (χ1n) is 8.85. The number of rotatable bonds is 10. The summed E-state index contributed by atoms with van der Waals surface area (Å²) in [5.74, 6) is -2.88. The molecule has 0 saturated carbocycles. The summed E-state index contributed by atoms with van der Waals surface area (Å²) < 4.78 is 10.0. The Morgan fingerprint density at radius 2 is 1.62 bits per heavy atom. The molecular weight excluding hydrogens is 340 g/mol. The summed E-state index contributed by atoms with van der Waals surface area (Å²) in [6.07, 6.45) is 0.440. The molecule has 8 heteroatoms. The van der Waals surface area contributed by atoms with Gasteiger partial charge < -0.3 is 14.8 Å². The lowest BCUT2D eigenvalue weighted by molar-refractivity contribution is -0.153. The van der Waals surface area contributed by atoms with Gasteiger partial charge in [-0.25, -0.2) is 10.3 Å². The Balaban J connectivity index is 5.32. The number of carbonyl (C=O) groups is 3. The van der Waals surface area contributed by atoms with Gasteiger partial charge in [-0.05, 0) is 17.8 Å². The Hall–Kier alpha value is -1.67. The minimum absolute atomic E-state index is 0.0938. The quantitative estimate of drug-likeness (QED) is 0.231. The Morgan fingerprint density at radius 3 is 2.04 bits per heavy atom. The van der Waals surface area contributed by atoms with Crippen molar-refractivity contribution in [1.29, 1.82) is 0 Å². The Morgan fingerprint density at radius 1 is 1.04 bits per heavy atom. The fraction of sp³-hybridized carbons (Fsp3) is 0.833. The lowest BCUT2D eigenvalue weighted by Crippen LogP contribution is -2.53. The van der Waals surface area contributed by atoms with Gasteiger partial charge >= 0.3 is 5.97 Å². The molecule has 0 heterocycles. The molecular formula is C18H34N2O6. The second-order valence-electron chi connectivity index (χ2n) is 7.97. The molecule has 0 saturated heterocycles. The summed E-state index contributed by atoms with van der Waals surface area (Å²) in [5.41, 5.74) is 1.01. The number of hydrogen-bond acceptors (Lipinski definition) is 6. The monoisotopic (exact) mass is 374 g/mol. The molecule has 0 spiro atoms. The van der Waals surface area contributed by atoms with Crippen molar-refractivity contribution in [1.82, 2.24) is 10.8 Å². The number of ether oxygens (including phenoxy) is 2. The molecule has 8 nitrogen and oxygen atoms in total.